The molecule has 6 nitrogen and oxygen atoms in total. The number of hydrogen-bond donors (Lipinski definition) is 0. The fourth-order valence-corrected chi connectivity index (χ4v) is 4.93. The monoisotopic (exact) mass is 417 g/mol. The first kappa shape index (κ1) is 21.5. The first-order valence-electron chi connectivity index (χ1n) is 9.81. The van der Waals surface area contributed by atoms with E-state index in [0.29, 0.717) is 13.0 Å². The Balaban J connectivity index is 1.86. The number of rotatable bonds is 8. The molecule has 1 heterocycles. The molecule has 2 aromatic carbocycles. The van der Waals surface area contributed by atoms with E-state index in [-0.39, 0.29) is 18.0 Å². The quantitative estimate of drug-likeness (QED) is 0.613. The molecule has 1 aliphatic heterocycles. The summed E-state index contributed by atoms with van der Waals surface area (Å²) in [5.41, 5.74) is 1.97. The zero-order valence-corrected chi connectivity index (χ0v) is 17.6. The van der Waals surface area contributed by atoms with Gasteiger partial charge in [0.2, 0.25) is 10.0 Å². The van der Waals surface area contributed by atoms with E-state index in [1.807, 2.05) is 44.2 Å². The molecule has 0 saturated carbocycles. The van der Waals surface area contributed by atoms with Gasteiger partial charge in [0.05, 0.1) is 30.1 Å². The third-order valence-corrected chi connectivity index (χ3v) is 6.90. The van der Waals surface area contributed by atoms with Crippen LogP contribution in [0.1, 0.15) is 37.3 Å². The molecule has 0 radical (unpaired) electrons. The number of sulfonamides is 1. The van der Waals surface area contributed by atoms with Crippen LogP contribution in [0.4, 0.5) is 0 Å². The van der Waals surface area contributed by atoms with Crippen molar-refractivity contribution in [2.75, 3.05) is 6.73 Å². The van der Waals surface area contributed by atoms with Gasteiger partial charge in [-0.2, -0.15) is 4.31 Å². The molecule has 0 aliphatic carbocycles. The molecule has 1 fully saturated rings. The minimum atomic E-state index is -3.82. The highest BCUT2D eigenvalue weighted by atomic mass is 32.2. The molecule has 2 aromatic rings. The zero-order valence-electron chi connectivity index (χ0n) is 16.8. The highest BCUT2D eigenvalue weighted by Gasteiger charge is 2.42. The number of carbonyl (C=O) groups is 1. The van der Waals surface area contributed by atoms with Crippen molar-refractivity contribution in [1.82, 2.24) is 4.31 Å². The average molecular weight is 418 g/mol. The summed E-state index contributed by atoms with van der Waals surface area (Å²) in [6.45, 7) is 3.97. The van der Waals surface area contributed by atoms with Crippen LogP contribution in [0.15, 0.2) is 59.5 Å². The topological polar surface area (TPSA) is 72.9 Å². The Bertz CT molecular complexity index is 912. The lowest BCUT2D eigenvalue weighted by molar-refractivity contribution is -0.159. The maximum atomic E-state index is 13.3. The summed E-state index contributed by atoms with van der Waals surface area (Å²) in [7, 11) is -3.82. The Morgan fingerprint density at radius 2 is 1.83 bits per heavy atom. The van der Waals surface area contributed by atoms with E-state index in [2.05, 4.69) is 0 Å². The zero-order chi connectivity index (χ0) is 20.9. The highest BCUT2D eigenvalue weighted by molar-refractivity contribution is 7.89. The summed E-state index contributed by atoms with van der Waals surface area (Å²) in [5, 5.41) is 0. The largest absolute Gasteiger partial charge is 0.448 e. The van der Waals surface area contributed by atoms with E-state index in [4.69, 9.17) is 9.47 Å². The maximum absolute atomic E-state index is 13.3. The lowest BCUT2D eigenvalue weighted by atomic mass is 10.0. The Kier molecular flexibility index (Phi) is 7.05. The summed E-state index contributed by atoms with van der Waals surface area (Å²) >= 11 is 0. The molecule has 0 aromatic heterocycles. The van der Waals surface area contributed by atoms with Crippen molar-refractivity contribution >= 4 is 16.0 Å². The van der Waals surface area contributed by atoms with Gasteiger partial charge in [-0.05, 0) is 31.0 Å². The molecular formula is C22H27NO5S. The van der Waals surface area contributed by atoms with E-state index in [0.717, 1.165) is 17.5 Å². The van der Waals surface area contributed by atoms with Gasteiger partial charge >= 0.3 is 5.97 Å². The van der Waals surface area contributed by atoms with Gasteiger partial charge < -0.3 is 9.47 Å². The highest BCUT2D eigenvalue weighted by Crippen LogP contribution is 2.28. The second kappa shape index (κ2) is 9.52. The van der Waals surface area contributed by atoms with Crippen molar-refractivity contribution in [3.63, 3.8) is 0 Å². The lowest BCUT2D eigenvalue weighted by Crippen LogP contribution is -2.53. The van der Waals surface area contributed by atoms with Gasteiger partial charge in [0, 0.05) is 0 Å². The Hall–Kier alpha value is -2.22. The van der Waals surface area contributed by atoms with Crippen LogP contribution in [0.5, 0.6) is 0 Å². The van der Waals surface area contributed by atoms with Crippen LogP contribution in [0.3, 0.4) is 0 Å². The second-order valence-corrected chi connectivity index (χ2v) is 9.14. The van der Waals surface area contributed by atoms with Crippen LogP contribution in [-0.2, 0) is 30.9 Å². The first-order valence-corrected chi connectivity index (χ1v) is 11.3. The van der Waals surface area contributed by atoms with Crippen molar-refractivity contribution in [3.05, 3.63) is 65.7 Å². The minimum Gasteiger partial charge on any atom is -0.448 e. The Labute approximate surface area is 172 Å². The number of aryl methyl sites for hydroxylation is 1. The predicted octanol–water partition coefficient (Wildman–Crippen LogP) is 3.64. The molecule has 1 aliphatic rings. The second-order valence-electron chi connectivity index (χ2n) is 7.25. The molecule has 0 bridgehead atoms. The molecule has 1 saturated heterocycles. The standard InChI is InChI=1S/C22H27NO5S/c1-3-7-21(27-15-18-8-5-4-6-9-18)20-14-22(24)28-16-23(20)29(25,26)19-12-10-17(2)11-13-19/h4-6,8-13,20-21H,3,7,14-16H2,1-2H3/t20-,21-/m0/s1. The summed E-state index contributed by atoms with van der Waals surface area (Å²) in [5.74, 6) is -0.408. The number of nitrogens with zero attached hydrogens (tertiary/aromatic N) is 1. The van der Waals surface area contributed by atoms with Crippen LogP contribution < -0.4 is 0 Å². The number of esters is 1. The van der Waals surface area contributed by atoms with Crippen molar-refractivity contribution in [3.8, 4) is 0 Å². The van der Waals surface area contributed by atoms with Crippen molar-refractivity contribution in [1.29, 1.82) is 0 Å². The smallest absolute Gasteiger partial charge is 0.308 e. The number of cyclic esters (lactones) is 1. The van der Waals surface area contributed by atoms with Crippen LogP contribution in [0.2, 0.25) is 0 Å². The summed E-state index contributed by atoms with van der Waals surface area (Å²) in [6.07, 6.45) is 1.02. The van der Waals surface area contributed by atoms with Crippen molar-refractivity contribution in [2.45, 2.75) is 56.8 Å². The molecule has 3 rings (SSSR count). The molecule has 29 heavy (non-hydrogen) atoms. The Morgan fingerprint density at radius 1 is 1.14 bits per heavy atom. The van der Waals surface area contributed by atoms with Gasteiger partial charge in [-0.1, -0.05) is 61.4 Å². The minimum absolute atomic E-state index is 0.0233. The molecule has 2 atom stereocenters. The van der Waals surface area contributed by atoms with E-state index in [1.54, 1.807) is 24.3 Å². The van der Waals surface area contributed by atoms with E-state index in [9.17, 15) is 13.2 Å². The number of hydrogen-bond acceptors (Lipinski definition) is 5. The van der Waals surface area contributed by atoms with Crippen LogP contribution in [0.25, 0.3) is 0 Å². The molecule has 0 unspecified atom stereocenters. The maximum Gasteiger partial charge on any atom is 0.308 e. The van der Waals surface area contributed by atoms with Gasteiger partial charge in [-0.3, -0.25) is 4.79 Å². The first-order chi connectivity index (χ1) is 13.9. The summed E-state index contributed by atoms with van der Waals surface area (Å²) in [6, 6.07) is 15.8. The third-order valence-electron chi connectivity index (χ3n) is 5.04. The lowest BCUT2D eigenvalue weighted by Gasteiger charge is -2.38. The number of benzene rings is 2. The molecule has 0 N–H and O–H groups in total. The van der Waals surface area contributed by atoms with E-state index < -0.39 is 28.1 Å². The summed E-state index contributed by atoms with van der Waals surface area (Å²) in [4.78, 5) is 12.2. The van der Waals surface area contributed by atoms with E-state index in [1.165, 1.54) is 4.31 Å². The van der Waals surface area contributed by atoms with Crippen molar-refractivity contribution < 1.29 is 22.7 Å². The predicted molar refractivity (Wildman–Crippen MR) is 109 cm³/mol. The SMILES string of the molecule is CCC[C@H](OCc1ccccc1)[C@@H]1CC(=O)OCN1S(=O)(=O)c1ccc(C)cc1. The van der Waals surface area contributed by atoms with Gasteiger partial charge in [0.25, 0.3) is 0 Å². The normalized spacial score (nSPS) is 19.0. The van der Waals surface area contributed by atoms with E-state index >= 15 is 0 Å². The average Bonchev–Trinajstić information content (AvgIpc) is 2.72. The van der Waals surface area contributed by atoms with Gasteiger partial charge in [-0.15, -0.1) is 0 Å². The molecule has 0 spiro atoms. The van der Waals surface area contributed by atoms with Gasteiger partial charge in [0.1, 0.15) is 0 Å². The number of ether oxygens (including phenoxy) is 2. The molecule has 156 valence electrons. The van der Waals surface area contributed by atoms with Gasteiger partial charge in [-0.25, -0.2) is 8.42 Å². The van der Waals surface area contributed by atoms with Crippen LogP contribution >= 0.6 is 0 Å². The summed E-state index contributed by atoms with van der Waals surface area (Å²) < 4.78 is 39.0. The van der Waals surface area contributed by atoms with Gasteiger partial charge in [0.15, 0.2) is 6.73 Å². The van der Waals surface area contributed by atoms with Crippen LogP contribution in [0, 0.1) is 6.92 Å². The third kappa shape index (κ3) is 5.23. The van der Waals surface area contributed by atoms with Crippen LogP contribution in [-0.4, -0.2) is 37.6 Å². The molecule has 0 amide bonds. The Morgan fingerprint density at radius 3 is 2.48 bits per heavy atom. The fourth-order valence-electron chi connectivity index (χ4n) is 3.42. The fraction of sp³-hybridized carbons (Fsp3) is 0.409. The van der Waals surface area contributed by atoms with Crippen molar-refractivity contribution in [2.24, 2.45) is 0 Å². The molecular weight excluding hydrogens is 390 g/mol. The molecule has 7 heteroatoms. The number of carbonyl (C=O) groups excluding carboxylic acids is 1.